The van der Waals surface area contributed by atoms with Crippen LogP contribution in [-0.2, 0) is 0 Å². The van der Waals surface area contributed by atoms with E-state index < -0.39 is 11.2 Å². The number of hydrogen-bond donors (Lipinski definition) is 0. The Labute approximate surface area is 69.7 Å². The summed E-state index contributed by atoms with van der Waals surface area (Å²) in [5.74, 6) is 0. The fraction of sp³-hybridized carbons (Fsp3) is 1.00. The first kappa shape index (κ1) is 10.2. The Morgan fingerprint density at radius 3 is 0.889 bits per heavy atom. The standard InChI is InChI=1S/C6H18Si2Te/c1-7(2,3)9-8(4,5)6/h1-6H3. The van der Waals surface area contributed by atoms with Crippen LogP contribution < -0.4 is 0 Å². The van der Waals surface area contributed by atoms with Crippen LogP contribution in [0.1, 0.15) is 0 Å². The predicted molar refractivity (Wildman–Crippen MR) is 52.4 cm³/mol. The third-order valence-corrected chi connectivity index (χ3v) is 37.0. The second-order valence-corrected chi connectivity index (χ2v) is 39.8. The molecule has 0 N–H and O–H groups in total. The van der Waals surface area contributed by atoms with E-state index in [1.54, 1.807) is 0 Å². The first-order valence-corrected chi connectivity index (χ1v) is 17.2. The minimum atomic E-state index is -0.601. The van der Waals surface area contributed by atoms with Gasteiger partial charge in [0.1, 0.15) is 0 Å². The molecular weight excluding hydrogens is 256 g/mol. The van der Waals surface area contributed by atoms with Crippen LogP contribution in [0.4, 0.5) is 0 Å². The molecule has 0 nitrogen and oxygen atoms in total. The van der Waals surface area contributed by atoms with Crippen LogP contribution in [0, 0.1) is 0 Å². The molecule has 0 rings (SSSR count). The summed E-state index contributed by atoms with van der Waals surface area (Å²) in [6.07, 6.45) is 0. The van der Waals surface area contributed by atoms with Gasteiger partial charge < -0.3 is 0 Å². The molecule has 0 saturated heterocycles. The third-order valence-electron chi connectivity index (χ3n) is 0.612. The van der Waals surface area contributed by atoms with Gasteiger partial charge >= 0.3 is 69.9 Å². The molecule has 0 unspecified atom stereocenters. The minimum absolute atomic E-state index is 0.443. The van der Waals surface area contributed by atoms with Crippen LogP contribution in [0.25, 0.3) is 0 Å². The van der Waals surface area contributed by atoms with Gasteiger partial charge in [-0.25, -0.2) is 0 Å². The van der Waals surface area contributed by atoms with Gasteiger partial charge in [-0.2, -0.15) is 0 Å². The predicted octanol–water partition coefficient (Wildman–Crippen LogP) is 2.36. The summed E-state index contributed by atoms with van der Waals surface area (Å²) in [5, 5.41) is 0. The molecule has 56 valence electrons. The molecule has 9 heavy (non-hydrogen) atoms. The van der Waals surface area contributed by atoms with Gasteiger partial charge in [0.15, 0.2) is 0 Å². The molecule has 3 heteroatoms. The molecule has 0 fully saturated rings. The van der Waals surface area contributed by atoms with E-state index in [0.29, 0.717) is 19.3 Å². The maximum absolute atomic E-state index is 2.52. The Morgan fingerprint density at radius 2 is 0.889 bits per heavy atom. The van der Waals surface area contributed by atoms with E-state index in [9.17, 15) is 0 Å². The molecule has 0 aromatic rings. The van der Waals surface area contributed by atoms with Crippen molar-refractivity contribution in [3.05, 3.63) is 0 Å². The van der Waals surface area contributed by atoms with E-state index in [4.69, 9.17) is 0 Å². The van der Waals surface area contributed by atoms with Crippen LogP contribution in [-0.4, -0.2) is 30.6 Å². The summed E-state index contributed by atoms with van der Waals surface area (Å²) in [4.78, 5) is 0. The van der Waals surface area contributed by atoms with Crippen molar-refractivity contribution in [1.29, 1.82) is 0 Å². The van der Waals surface area contributed by atoms with Crippen molar-refractivity contribution >= 4 is 30.6 Å². The molecule has 0 aliphatic heterocycles. The van der Waals surface area contributed by atoms with Crippen molar-refractivity contribution in [3.8, 4) is 0 Å². The van der Waals surface area contributed by atoms with Crippen molar-refractivity contribution in [2.75, 3.05) is 0 Å². The van der Waals surface area contributed by atoms with Gasteiger partial charge in [0.2, 0.25) is 0 Å². The Balaban J connectivity index is 3.75. The zero-order chi connectivity index (χ0) is 7.71. The maximum atomic E-state index is 2.52. The molecule has 0 spiro atoms. The van der Waals surface area contributed by atoms with Gasteiger partial charge in [-0.15, -0.1) is 0 Å². The quantitative estimate of drug-likeness (QED) is 0.678. The summed E-state index contributed by atoms with van der Waals surface area (Å²) in [6.45, 7) is 15.1. The first-order valence-electron chi connectivity index (χ1n) is 3.41. The molecule has 0 amide bonds. The van der Waals surface area contributed by atoms with Gasteiger partial charge in [0, 0.05) is 0 Å². The fourth-order valence-electron chi connectivity index (χ4n) is 0.919. The average Bonchev–Trinajstić information content (AvgIpc) is 1.14. The summed E-state index contributed by atoms with van der Waals surface area (Å²) in [5.41, 5.74) is -1.20. The van der Waals surface area contributed by atoms with Crippen LogP contribution >= 0.6 is 0 Å². The normalized spacial score (nSPS) is 14.0. The molecule has 0 atom stereocenters. The second-order valence-electron chi connectivity index (χ2n) is 4.33. The topological polar surface area (TPSA) is 0 Å². The summed E-state index contributed by atoms with van der Waals surface area (Å²) >= 11 is 0.443. The fourth-order valence-corrected chi connectivity index (χ4v) is 55.5. The molecule has 0 aromatic carbocycles. The van der Waals surface area contributed by atoms with E-state index >= 15 is 0 Å². The second kappa shape index (κ2) is 3.08. The molecule has 0 aliphatic carbocycles. The van der Waals surface area contributed by atoms with Gasteiger partial charge in [-0.1, -0.05) is 0 Å². The average molecular weight is 274 g/mol. The summed E-state index contributed by atoms with van der Waals surface area (Å²) in [6, 6.07) is 0. The SMILES string of the molecule is C[Si](C)(C)[Te][Si](C)(C)C. The van der Waals surface area contributed by atoms with E-state index in [2.05, 4.69) is 39.3 Å². The van der Waals surface area contributed by atoms with E-state index in [0.717, 1.165) is 0 Å². The Bertz CT molecular complexity index is 76.2. The van der Waals surface area contributed by atoms with Crippen LogP contribution in [0.2, 0.25) is 39.3 Å². The van der Waals surface area contributed by atoms with Gasteiger partial charge in [0.25, 0.3) is 0 Å². The van der Waals surface area contributed by atoms with Crippen molar-refractivity contribution < 1.29 is 0 Å². The Kier molecular flexibility index (Phi) is 3.50. The van der Waals surface area contributed by atoms with Gasteiger partial charge in [0.05, 0.1) is 0 Å². The molecule has 0 bridgehead atoms. The van der Waals surface area contributed by atoms with Gasteiger partial charge in [-0.05, 0) is 0 Å². The first-order chi connectivity index (χ1) is 3.71. The van der Waals surface area contributed by atoms with Crippen LogP contribution in [0.15, 0.2) is 0 Å². The van der Waals surface area contributed by atoms with Gasteiger partial charge in [-0.3, -0.25) is 0 Å². The van der Waals surface area contributed by atoms with Crippen molar-refractivity contribution in [2.24, 2.45) is 0 Å². The Hall–Kier alpha value is 1.22. The summed E-state index contributed by atoms with van der Waals surface area (Å²) < 4.78 is 0. The Morgan fingerprint density at radius 1 is 0.667 bits per heavy atom. The monoisotopic (exact) mass is 276 g/mol. The molecule has 0 radical (unpaired) electrons. The zero-order valence-corrected chi connectivity index (χ0v) is 11.7. The van der Waals surface area contributed by atoms with E-state index in [-0.39, 0.29) is 0 Å². The number of hydrogen-bond acceptors (Lipinski definition) is 0. The van der Waals surface area contributed by atoms with Crippen LogP contribution in [0.3, 0.4) is 0 Å². The zero-order valence-electron chi connectivity index (χ0n) is 7.41. The molecule has 0 heterocycles. The molecule has 0 aromatic heterocycles. The van der Waals surface area contributed by atoms with Crippen LogP contribution in [0.5, 0.6) is 0 Å². The molecule has 0 saturated carbocycles. The third kappa shape index (κ3) is 9.22. The number of rotatable bonds is 2. The molecular formula is C6H18Si2Te. The van der Waals surface area contributed by atoms with Crippen molar-refractivity contribution in [1.82, 2.24) is 0 Å². The van der Waals surface area contributed by atoms with Crippen molar-refractivity contribution in [2.45, 2.75) is 39.3 Å². The van der Waals surface area contributed by atoms with E-state index in [1.165, 1.54) is 0 Å². The van der Waals surface area contributed by atoms with Crippen molar-refractivity contribution in [3.63, 3.8) is 0 Å². The molecule has 0 aliphatic rings. The van der Waals surface area contributed by atoms with E-state index in [1.807, 2.05) is 0 Å². The summed E-state index contributed by atoms with van der Waals surface area (Å²) in [7, 11) is 0.